The highest BCUT2D eigenvalue weighted by atomic mass is 16.1. The molecule has 0 aromatic carbocycles. The van der Waals surface area contributed by atoms with Crippen LogP contribution in [0, 0.1) is 56.7 Å². The summed E-state index contributed by atoms with van der Waals surface area (Å²) < 4.78 is 0. The van der Waals surface area contributed by atoms with Crippen LogP contribution in [0.5, 0.6) is 0 Å². The number of ketones is 1. The predicted molar refractivity (Wildman–Crippen MR) is 130 cm³/mol. The fraction of sp³-hybridized carbons (Fsp3) is 0.867. The quantitative estimate of drug-likeness (QED) is 0.332. The molecule has 0 amide bonds. The second-order valence-electron chi connectivity index (χ2n) is 14.2. The summed E-state index contributed by atoms with van der Waals surface area (Å²) in [7, 11) is 0. The molecule has 5 saturated carbocycles. The summed E-state index contributed by atoms with van der Waals surface area (Å²) in [6.07, 6.45) is 12.7. The molecule has 5 rings (SSSR count). The minimum atomic E-state index is -0.179. The molecule has 32 heavy (non-hydrogen) atoms. The third-order valence-corrected chi connectivity index (χ3v) is 13.1. The largest absolute Gasteiger partial charge is 0.303 e. The lowest BCUT2D eigenvalue weighted by Gasteiger charge is -2.72. The van der Waals surface area contributed by atoms with Gasteiger partial charge in [-0.05, 0) is 111 Å². The number of allylic oxidation sites excluding steroid dienone is 1. The maximum absolute atomic E-state index is 12.9. The molecule has 2 nitrogen and oxygen atoms in total. The molecule has 0 N–H and O–H groups in total. The highest BCUT2D eigenvalue weighted by molar-refractivity contribution is 5.85. The van der Waals surface area contributed by atoms with E-state index in [9.17, 15) is 9.59 Å². The van der Waals surface area contributed by atoms with Crippen LogP contribution in [0.2, 0.25) is 0 Å². The zero-order chi connectivity index (χ0) is 23.3. The van der Waals surface area contributed by atoms with Crippen LogP contribution in [0.4, 0.5) is 0 Å². The standard InChI is InChI=1S/C30H46O2/c1-19(2)20-10-15-30(18-31)17-16-28(6)21(25(20)30)8-9-23-27(5)13-12-24(32)26(3,4)22(27)11-14-29(23,28)7/h18,20-23,25H,1,8-17H2,2-7H3/t20-,21-,22-,23+,25+,27-,28+,29+,30+/m0/s1. The average Bonchev–Trinajstić information content (AvgIpc) is 3.12. The molecular formula is C30H46O2. The van der Waals surface area contributed by atoms with Crippen LogP contribution in [0.3, 0.4) is 0 Å². The average molecular weight is 439 g/mol. The smallest absolute Gasteiger partial charge is 0.138 e. The van der Waals surface area contributed by atoms with Crippen molar-refractivity contribution in [1.29, 1.82) is 0 Å². The van der Waals surface area contributed by atoms with Gasteiger partial charge in [0.05, 0.1) is 0 Å². The van der Waals surface area contributed by atoms with Crippen LogP contribution in [-0.2, 0) is 9.59 Å². The van der Waals surface area contributed by atoms with Crippen LogP contribution in [0.25, 0.3) is 0 Å². The Morgan fingerprint density at radius 2 is 1.59 bits per heavy atom. The Balaban J connectivity index is 1.56. The van der Waals surface area contributed by atoms with Crippen molar-refractivity contribution in [2.24, 2.45) is 56.7 Å². The highest BCUT2D eigenvalue weighted by Crippen LogP contribution is 2.77. The first kappa shape index (κ1) is 22.9. The molecule has 0 spiro atoms. The lowest BCUT2D eigenvalue weighted by atomic mass is 9.32. The maximum atomic E-state index is 12.9. The van der Waals surface area contributed by atoms with Crippen molar-refractivity contribution in [2.75, 3.05) is 0 Å². The number of aldehydes is 1. The fourth-order valence-corrected chi connectivity index (χ4v) is 11.2. The Hall–Kier alpha value is -0.920. The van der Waals surface area contributed by atoms with E-state index in [1.165, 1.54) is 44.0 Å². The van der Waals surface area contributed by atoms with E-state index in [0.29, 0.717) is 40.8 Å². The van der Waals surface area contributed by atoms with E-state index in [1.54, 1.807) is 0 Å². The van der Waals surface area contributed by atoms with Crippen molar-refractivity contribution in [3.63, 3.8) is 0 Å². The first-order valence-electron chi connectivity index (χ1n) is 13.5. The number of Topliss-reactive ketones (excluding diaryl/α,β-unsaturated/α-hetero) is 1. The van der Waals surface area contributed by atoms with Gasteiger partial charge in [-0.1, -0.05) is 46.8 Å². The molecule has 0 aromatic heterocycles. The van der Waals surface area contributed by atoms with E-state index in [0.717, 1.165) is 32.1 Å². The van der Waals surface area contributed by atoms with Gasteiger partial charge >= 0.3 is 0 Å². The van der Waals surface area contributed by atoms with E-state index < -0.39 is 0 Å². The minimum absolute atomic E-state index is 0.0999. The van der Waals surface area contributed by atoms with Gasteiger partial charge in [-0.2, -0.15) is 0 Å². The van der Waals surface area contributed by atoms with Crippen LogP contribution >= 0.6 is 0 Å². The lowest BCUT2D eigenvalue weighted by Crippen LogP contribution is -2.66. The van der Waals surface area contributed by atoms with Gasteiger partial charge in [-0.3, -0.25) is 4.79 Å². The molecule has 178 valence electrons. The third-order valence-electron chi connectivity index (χ3n) is 13.1. The van der Waals surface area contributed by atoms with E-state index in [-0.39, 0.29) is 21.7 Å². The Labute approximate surface area is 196 Å². The molecule has 0 heterocycles. The van der Waals surface area contributed by atoms with E-state index >= 15 is 0 Å². The van der Waals surface area contributed by atoms with Crippen molar-refractivity contribution in [3.8, 4) is 0 Å². The first-order valence-corrected chi connectivity index (χ1v) is 13.5. The fourth-order valence-electron chi connectivity index (χ4n) is 11.2. The Morgan fingerprint density at radius 3 is 2.25 bits per heavy atom. The van der Waals surface area contributed by atoms with Crippen molar-refractivity contribution in [1.82, 2.24) is 0 Å². The number of hydrogen-bond acceptors (Lipinski definition) is 2. The third kappa shape index (κ3) is 2.54. The van der Waals surface area contributed by atoms with Gasteiger partial charge in [0.15, 0.2) is 0 Å². The van der Waals surface area contributed by atoms with Crippen molar-refractivity contribution in [2.45, 2.75) is 106 Å². The van der Waals surface area contributed by atoms with Gasteiger partial charge < -0.3 is 4.79 Å². The van der Waals surface area contributed by atoms with Crippen molar-refractivity contribution < 1.29 is 9.59 Å². The van der Waals surface area contributed by atoms with Gasteiger partial charge in [0.1, 0.15) is 12.1 Å². The summed E-state index contributed by atoms with van der Waals surface area (Å²) in [5.74, 6) is 3.34. The number of rotatable bonds is 2. The molecule has 0 unspecified atom stereocenters. The van der Waals surface area contributed by atoms with E-state index in [1.807, 2.05) is 0 Å². The highest BCUT2D eigenvalue weighted by Gasteiger charge is 2.70. The van der Waals surface area contributed by atoms with Crippen LogP contribution in [-0.4, -0.2) is 12.1 Å². The van der Waals surface area contributed by atoms with Gasteiger partial charge in [-0.15, -0.1) is 0 Å². The molecule has 9 atom stereocenters. The van der Waals surface area contributed by atoms with Gasteiger partial charge in [0.25, 0.3) is 0 Å². The molecule has 0 aromatic rings. The zero-order valence-corrected chi connectivity index (χ0v) is 21.6. The SMILES string of the molecule is C=C(C)[C@@H]1CC[C@]2(C=O)CC[C@]3(C)[C@@H](CC[C@@H]4[C@@]5(C)CCC(=O)C(C)(C)[C@@H]5CC[C@]43C)[C@@H]12. The summed E-state index contributed by atoms with van der Waals surface area (Å²) in [6, 6.07) is 0. The molecule has 0 saturated heterocycles. The molecule has 5 aliphatic carbocycles. The summed E-state index contributed by atoms with van der Waals surface area (Å²) in [5.41, 5.74) is 1.87. The van der Waals surface area contributed by atoms with E-state index in [2.05, 4.69) is 48.1 Å². The lowest BCUT2D eigenvalue weighted by molar-refractivity contribution is -0.231. The number of carbonyl (C=O) groups excluding carboxylic acids is 2. The normalized spacial score (nSPS) is 54.1. The van der Waals surface area contributed by atoms with Crippen LogP contribution < -0.4 is 0 Å². The molecule has 5 fully saturated rings. The maximum Gasteiger partial charge on any atom is 0.138 e. The Bertz CT molecular complexity index is 855. The predicted octanol–water partition coefficient (Wildman–Crippen LogP) is 7.41. The molecule has 0 bridgehead atoms. The molecule has 5 aliphatic rings. The Morgan fingerprint density at radius 1 is 0.875 bits per heavy atom. The van der Waals surface area contributed by atoms with Crippen molar-refractivity contribution >= 4 is 12.1 Å². The van der Waals surface area contributed by atoms with Crippen LogP contribution in [0.15, 0.2) is 12.2 Å². The van der Waals surface area contributed by atoms with Gasteiger partial charge in [0, 0.05) is 17.3 Å². The molecule has 0 aliphatic heterocycles. The molecular weight excluding hydrogens is 392 g/mol. The second kappa shape index (κ2) is 6.82. The topological polar surface area (TPSA) is 34.1 Å². The molecule has 0 radical (unpaired) electrons. The zero-order valence-electron chi connectivity index (χ0n) is 21.6. The van der Waals surface area contributed by atoms with Gasteiger partial charge in [0.2, 0.25) is 0 Å². The number of fused-ring (bicyclic) bond motifs is 7. The number of carbonyl (C=O) groups is 2. The summed E-state index contributed by atoms with van der Waals surface area (Å²) in [6.45, 7) is 18.9. The number of hydrogen-bond donors (Lipinski definition) is 0. The van der Waals surface area contributed by atoms with Crippen LogP contribution in [0.1, 0.15) is 106 Å². The van der Waals surface area contributed by atoms with Gasteiger partial charge in [-0.25, -0.2) is 0 Å². The summed E-state index contributed by atoms with van der Waals surface area (Å²) in [5, 5.41) is 0. The second-order valence-corrected chi connectivity index (χ2v) is 14.2. The monoisotopic (exact) mass is 438 g/mol. The molecule has 2 heteroatoms. The summed E-state index contributed by atoms with van der Waals surface area (Å²) in [4.78, 5) is 25.4. The minimum Gasteiger partial charge on any atom is -0.303 e. The Kier molecular flexibility index (Phi) is 4.87. The summed E-state index contributed by atoms with van der Waals surface area (Å²) >= 11 is 0. The first-order chi connectivity index (χ1) is 14.9. The van der Waals surface area contributed by atoms with Crippen molar-refractivity contribution in [3.05, 3.63) is 12.2 Å². The van der Waals surface area contributed by atoms with E-state index in [4.69, 9.17) is 0 Å².